The van der Waals surface area contributed by atoms with Gasteiger partial charge in [0, 0.05) is 0 Å². The second-order valence-corrected chi connectivity index (χ2v) is 8.54. The summed E-state index contributed by atoms with van der Waals surface area (Å²) >= 11 is 0. The summed E-state index contributed by atoms with van der Waals surface area (Å²) < 4.78 is 34.0. The van der Waals surface area contributed by atoms with Crippen LogP contribution < -0.4 is 0 Å². The second kappa shape index (κ2) is 10.1. The molecule has 2 rings (SSSR count). The molecule has 0 bridgehead atoms. The highest BCUT2D eigenvalue weighted by Crippen LogP contribution is 2.32. The molecule has 26 heavy (non-hydrogen) atoms. The van der Waals surface area contributed by atoms with E-state index < -0.39 is 10.1 Å². The molecule has 0 radical (unpaired) electrons. The lowest BCUT2D eigenvalue weighted by Crippen LogP contribution is -2.08. The largest absolute Gasteiger partial charge is 0.294 e. The SMILES string of the molecule is CCCCCCc1c(S(=O)(=O)O)cc2ccccc2c1CCCCCC. The normalized spacial score (nSPS) is 12.0. The Morgan fingerprint density at radius 2 is 1.38 bits per heavy atom. The molecule has 0 atom stereocenters. The van der Waals surface area contributed by atoms with Gasteiger partial charge in [-0.05, 0) is 53.6 Å². The van der Waals surface area contributed by atoms with Crippen molar-refractivity contribution in [3.05, 3.63) is 41.5 Å². The maximum absolute atomic E-state index is 12.1. The number of unbranched alkanes of at least 4 members (excludes halogenated alkanes) is 6. The van der Waals surface area contributed by atoms with Crippen LogP contribution >= 0.6 is 0 Å². The van der Waals surface area contributed by atoms with Crippen molar-refractivity contribution in [1.29, 1.82) is 0 Å². The van der Waals surface area contributed by atoms with Crippen molar-refractivity contribution in [3.63, 3.8) is 0 Å². The third-order valence-corrected chi connectivity index (χ3v) is 5.99. The molecular weight excluding hydrogens is 344 g/mol. The fourth-order valence-electron chi connectivity index (χ4n) is 3.68. The summed E-state index contributed by atoms with van der Waals surface area (Å²) in [7, 11) is -4.23. The number of aryl methyl sites for hydroxylation is 1. The molecule has 0 aromatic heterocycles. The predicted octanol–water partition coefficient (Wildman–Crippen LogP) is 6.33. The number of hydrogen-bond acceptors (Lipinski definition) is 2. The van der Waals surface area contributed by atoms with Crippen LogP contribution in [0, 0.1) is 0 Å². The second-order valence-electron chi connectivity index (χ2n) is 7.15. The molecule has 0 aliphatic rings. The van der Waals surface area contributed by atoms with Crippen molar-refractivity contribution in [3.8, 4) is 0 Å². The zero-order valence-corrected chi connectivity index (χ0v) is 16.9. The molecule has 0 amide bonds. The predicted molar refractivity (Wildman–Crippen MR) is 109 cm³/mol. The molecule has 0 saturated carbocycles. The van der Waals surface area contributed by atoms with Crippen LogP contribution in [-0.2, 0) is 23.0 Å². The summed E-state index contributed by atoms with van der Waals surface area (Å²) in [6.45, 7) is 4.35. The first-order valence-corrected chi connectivity index (χ1v) is 11.4. The first kappa shape index (κ1) is 20.9. The van der Waals surface area contributed by atoms with Gasteiger partial charge in [-0.3, -0.25) is 4.55 Å². The van der Waals surface area contributed by atoms with Crippen molar-refractivity contribution >= 4 is 20.9 Å². The highest BCUT2D eigenvalue weighted by molar-refractivity contribution is 7.85. The van der Waals surface area contributed by atoms with Crippen LogP contribution in [0.2, 0.25) is 0 Å². The zero-order chi connectivity index (χ0) is 19.0. The van der Waals surface area contributed by atoms with Crippen molar-refractivity contribution < 1.29 is 13.0 Å². The Labute approximate surface area is 158 Å². The molecule has 0 aliphatic heterocycles. The van der Waals surface area contributed by atoms with Gasteiger partial charge in [0.05, 0.1) is 4.90 Å². The smallest absolute Gasteiger partial charge is 0.282 e. The average Bonchev–Trinajstić information content (AvgIpc) is 2.61. The van der Waals surface area contributed by atoms with Gasteiger partial charge in [0.25, 0.3) is 10.1 Å². The standard InChI is InChI=1S/C22H32O3S/c1-3-5-7-9-15-20-19-14-12-11-13-18(19)17-22(26(23,24)25)21(20)16-10-8-6-4-2/h11-14,17H,3-10,15-16H2,1-2H3,(H,23,24,25). The van der Waals surface area contributed by atoms with Crippen LogP contribution in [0.4, 0.5) is 0 Å². The van der Waals surface area contributed by atoms with Crippen LogP contribution in [0.3, 0.4) is 0 Å². The van der Waals surface area contributed by atoms with E-state index >= 15 is 0 Å². The van der Waals surface area contributed by atoms with Gasteiger partial charge in [-0.1, -0.05) is 76.6 Å². The molecule has 0 fully saturated rings. The Morgan fingerprint density at radius 3 is 1.96 bits per heavy atom. The Morgan fingerprint density at radius 1 is 0.808 bits per heavy atom. The topological polar surface area (TPSA) is 54.4 Å². The quantitative estimate of drug-likeness (QED) is 0.368. The van der Waals surface area contributed by atoms with Gasteiger partial charge in [0.15, 0.2) is 0 Å². The first-order valence-electron chi connectivity index (χ1n) is 10.00. The first-order chi connectivity index (χ1) is 12.5. The van der Waals surface area contributed by atoms with Crippen molar-refractivity contribution in [2.24, 2.45) is 0 Å². The van der Waals surface area contributed by atoms with Gasteiger partial charge in [0.1, 0.15) is 0 Å². The number of hydrogen-bond donors (Lipinski definition) is 1. The Kier molecular flexibility index (Phi) is 8.11. The summed E-state index contributed by atoms with van der Waals surface area (Å²) in [5.74, 6) is 0. The van der Waals surface area contributed by atoms with Crippen molar-refractivity contribution in [2.45, 2.75) is 83.0 Å². The highest BCUT2D eigenvalue weighted by Gasteiger charge is 2.20. The minimum Gasteiger partial charge on any atom is -0.282 e. The Hall–Kier alpha value is -1.39. The van der Waals surface area contributed by atoms with E-state index in [9.17, 15) is 13.0 Å². The van der Waals surface area contributed by atoms with Gasteiger partial charge in [-0.25, -0.2) is 0 Å². The van der Waals surface area contributed by atoms with E-state index in [1.807, 2.05) is 18.2 Å². The minimum atomic E-state index is -4.23. The molecule has 1 N–H and O–H groups in total. The molecule has 0 unspecified atom stereocenters. The van der Waals surface area contributed by atoms with Gasteiger partial charge < -0.3 is 0 Å². The summed E-state index contributed by atoms with van der Waals surface area (Å²) in [5, 5.41) is 2.02. The van der Waals surface area contributed by atoms with Gasteiger partial charge in [-0.2, -0.15) is 8.42 Å². The lowest BCUT2D eigenvalue weighted by molar-refractivity contribution is 0.481. The molecule has 0 heterocycles. The summed E-state index contributed by atoms with van der Waals surface area (Å²) in [6.07, 6.45) is 10.5. The minimum absolute atomic E-state index is 0.109. The maximum atomic E-state index is 12.1. The van der Waals surface area contributed by atoms with Crippen LogP contribution in [0.1, 0.15) is 76.3 Å². The fraction of sp³-hybridized carbons (Fsp3) is 0.545. The van der Waals surface area contributed by atoms with E-state index in [-0.39, 0.29) is 4.90 Å². The third kappa shape index (κ3) is 5.55. The monoisotopic (exact) mass is 376 g/mol. The molecule has 0 saturated heterocycles. The van der Waals surface area contributed by atoms with Crippen molar-refractivity contribution in [1.82, 2.24) is 0 Å². The van der Waals surface area contributed by atoms with Crippen LogP contribution in [0.25, 0.3) is 10.8 Å². The molecule has 2 aromatic rings. The maximum Gasteiger partial charge on any atom is 0.294 e. The molecule has 0 aliphatic carbocycles. The number of fused-ring (bicyclic) bond motifs is 1. The van der Waals surface area contributed by atoms with E-state index in [0.717, 1.165) is 66.8 Å². The molecular formula is C22H32O3S. The lowest BCUT2D eigenvalue weighted by atomic mass is 9.91. The van der Waals surface area contributed by atoms with Crippen LogP contribution in [0.5, 0.6) is 0 Å². The average molecular weight is 377 g/mol. The van der Waals surface area contributed by atoms with Crippen LogP contribution in [0.15, 0.2) is 35.2 Å². The van der Waals surface area contributed by atoms with Crippen LogP contribution in [-0.4, -0.2) is 13.0 Å². The zero-order valence-electron chi connectivity index (χ0n) is 16.1. The molecule has 3 nitrogen and oxygen atoms in total. The molecule has 0 spiro atoms. The number of rotatable bonds is 11. The van der Waals surface area contributed by atoms with E-state index in [0.29, 0.717) is 6.42 Å². The summed E-state index contributed by atoms with van der Waals surface area (Å²) in [6, 6.07) is 9.58. The van der Waals surface area contributed by atoms with Crippen molar-refractivity contribution in [2.75, 3.05) is 0 Å². The van der Waals surface area contributed by atoms with E-state index in [4.69, 9.17) is 0 Å². The highest BCUT2D eigenvalue weighted by atomic mass is 32.2. The lowest BCUT2D eigenvalue weighted by Gasteiger charge is -2.17. The molecule has 2 aromatic carbocycles. The van der Waals surface area contributed by atoms with E-state index in [2.05, 4.69) is 19.9 Å². The molecule has 144 valence electrons. The summed E-state index contributed by atoms with van der Waals surface area (Å²) in [4.78, 5) is 0.109. The third-order valence-electron chi connectivity index (χ3n) is 5.07. The molecule has 4 heteroatoms. The number of benzene rings is 2. The Balaban J connectivity index is 2.48. The van der Waals surface area contributed by atoms with E-state index in [1.165, 1.54) is 12.8 Å². The van der Waals surface area contributed by atoms with E-state index in [1.54, 1.807) is 6.07 Å². The Bertz CT molecular complexity index is 809. The van der Waals surface area contributed by atoms with Gasteiger partial charge in [-0.15, -0.1) is 0 Å². The summed E-state index contributed by atoms with van der Waals surface area (Å²) in [5.41, 5.74) is 1.95. The fourth-order valence-corrected chi connectivity index (χ4v) is 4.50. The van der Waals surface area contributed by atoms with Gasteiger partial charge >= 0.3 is 0 Å². The van der Waals surface area contributed by atoms with Gasteiger partial charge in [0.2, 0.25) is 0 Å².